The van der Waals surface area contributed by atoms with E-state index in [0.29, 0.717) is 13.0 Å². The van der Waals surface area contributed by atoms with Gasteiger partial charge in [0.1, 0.15) is 0 Å². The van der Waals surface area contributed by atoms with Gasteiger partial charge in [0.2, 0.25) is 5.91 Å². The number of guanidine groups is 1. The number of aromatic amines is 1. The minimum Gasteiger partial charge on any atom is -0.358 e. The first-order valence-electron chi connectivity index (χ1n) is 10.6. The van der Waals surface area contributed by atoms with Crippen LogP contribution in [0.2, 0.25) is 0 Å². The van der Waals surface area contributed by atoms with Gasteiger partial charge in [0.25, 0.3) is 0 Å². The van der Waals surface area contributed by atoms with Crippen molar-refractivity contribution in [3.8, 4) is 0 Å². The molecule has 1 aliphatic rings. The summed E-state index contributed by atoms with van der Waals surface area (Å²) in [4.78, 5) is 20.3. The number of fused-ring (bicyclic) bond motifs is 2. The Morgan fingerprint density at radius 2 is 1.93 bits per heavy atom. The van der Waals surface area contributed by atoms with Gasteiger partial charge in [-0.2, -0.15) is 0 Å². The second kappa shape index (κ2) is 9.03. The van der Waals surface area contributed by atoms with Gasteiger partial charge in [-0.25, -0.2) is 0 Å². The topological polar surface area (TPSA) is 81.3 Å². The van der Waals surface area contributed by atoms with Crippen LogP contribution in [0.4, 0.5) is 5.69 Å². The number of carbonyl (C=O) groups is 1. The molecule has 6 nitrogen and oxygen atoms in total. The number of H-pyrrole nitrogens is 1. The zero-order valence-electron chi connectivity index (χ0n) is 17.6. The summed E-state index contributed by atoms with van der Waals surface area (Å²) in [5.41, 5.74) is 5.80. The summed E-state index contributed by atoms with van der Waals surface area (Å²) in [5.74, 6) is 0.946. The van der Waals surface area contributed by atoms with E-state index >= 15 is 0 Å². The average molecular weight is 404 g/mol. The summed E-state index contributed by atoms with van der Waals surface area (Å²) in [5, 5.41) is 11.0. The molecule has 0 bridgehead atoms. The second-order valence-corrected chi connectivity index (χ2v) is 7.71. The van der Waals surface area contributed by atoms with Crippen molar-refractivity contribution >= 4 is 28.5 Å². The number of aromatic nitrogens is 1. The second-order valence-electron chi connectivity index (χ2n) is 7.71. The molecule has 0 saturated heterocycles. The maximum Gasteiger partial charge on any atom is 0.225 e. The van der Waals surface area contributed by atoms with Crippen molar-refractivity contribution < 1.29 is 4.79 Å². The van der Waals surface area contributed by atoms with Crippen LogP contribution in [0.5, 0.6) is 0 Å². The number of anilines is 1. The highest BCUT2D eigenvalue weighted by atomic mass is 16.1. The summed E-state index contributed by atoms with van der Waals surface area (Å²) in [6, 6.07) is 16.4. The van der Waals surface area contributed by atoms with Crippen molar-refractivity contribution in [3.63, 3.8) is 0 Å². The molecular formula is C24H29N5O. The van der Waals surface area contributed by atoms with Gasteiger partial charge in [-0.3, -0.25) is 9.79 Å². The summed E-state index contributed by atoms with van der Waals surface area (Å²) >= 11 is 0. The monoisotopic (exact) mass is 403 g/mol. The lowest BCUT2D eigenvalue weighted by Crippen LogP contribution is -2.39. The van der Waals surface area contributed by atoms with Gasteiger partial charge in [-0.05, 0) is 43.5 Å². The highest BCUT2D eigenvalue weighted by Gasteiger charge is 2.24. The first kappa shape index (κ1) is 20.0. The number of amides is 1. The minimum atomic E-state index is 0.0571. The van der Waals surface area contributed by atoms with E-state index in [9.17, 15) is 4.79 Å². The number of hydrogen-bond acceptors (Lipinski definition) is 2. The predicted molar refractivity (Wildman–Crippen MR) is 123 cm³/mol. The predicted octanol–water partition coefficient (Wildman–Crippen LogP) is 3.70. The van der Waals surface area contributed by atoms with Gasteiger partial charge in [0.15, 0.2) is 5.96 Å². The molecule has 4 N–H and O–H groups in total. The van der Waals surface area contributed by atoms with E-state index in [-0.39, 0.29) is 11.8 Å². The lowest BCUT2D eigenvalue weighted by Gasteiger charge is -2.24. The van der Waals surface area contributed by atoms with Gasteiger partial charge in [-0.15, -0.1) is 0 Å². The summed E-state index contributed by atoms with van der Waals surface area (Å²) in [6.07, 6.45) is 1.38. The Hall–Kier alpha value is -3.28. The van der Waals surface area contributed by atoms with Crippen LogP contribution in [0.3, 0.4) is 0 Å². The van der Waals surface area contributed by atoms with Gasteiger partial charge in [0, 0.05) is 47.7 Å². The van der Waals surface area contributed by atoms with Gasteiger partial charge >= 0.3 is 0 Å². The third-order valence-corrected chi connectivity index (χ3v) is 5.61. The first-order valence-corrected chi connectivity index (χ1v) is 10.6. The number of benzene rings is 2. The molecular weight excluding hydrogens is 374 g/mol. The normalized spacial score (nSPS) is 16.3. The zero-order chi connectivity index (χ0) is 20.9. The van der Waals surface area contributed by atoms with E-state index in [1.165, 1.54) is 22.2 Å². The Labute approximate surface area is 177 Å². The first-order chi connectivity index (χ1) is 14.7. The van der Waals surface area contributed by atoms with Crippen molar-refractivity contribution in [2.45, 2.75) is 32.6 Å². The summed E-state index contributed by atoms with van der Waals surface area (Å²) in [6.45, 7) is 6.34. The number of aryl methyl sites for hydroxylation is 1. The molecule has 156 valence electrons. The molecule has 0 radical (unpaired) electrons. The lowest BCUT2D eigenvalue weighted by atomic mass is 9.91. The van der Waals surface area contributed by atoms with E-state index in [1.807, 2.05) is 18.2 Å². The Balaban J connectivity index is 1.42. The molecule has 6 heteroatoms. The van der Waals surface area contributed by atoms with E-state index in [2.05, 4.69) is 65.1 Å². The molecule has 0 aliphatic carbocycles. The molecule has 0 spiro atoms. The molecule has 1 aromatic heterocycles. The zero-order valence-corrected chi connectivity index (χ0v) is 17.6. The Bertz CT molecular complexity index is 1070. The van der Waals surface area contributed by atoms with Crippen LogP contribution in [-0.2, 0) is 11.2 Å². The number of hydrogen-bond donors (Lipinski definition) is 4. The molecule has 3 aromatic rings. The number of rotatable bonds is 6. The van der Waals surface area contributed by atoms with Crippen molar-refractivity contribution in [3.05, 3.63) is 65.4 Å². The molecule has 0 fully saturated rings. The number of aliphatic imine (C=N–C) groups is 1. The maximum atomic E-state index is 12.1. The third kappa shape index (κ3) is 4.32. The fourth-order valence-corrected chi connectivity index (χ4v) is 4.17. The van der Waals surface area contributed by atoms with Crippen LogP contribution in [0.15, 0.2) is 53.5 Å². The number of nitrogens with one attached hydrogen (secondary N) is 4. The van der Waals surface area contributed by atoms with E-state index in [0.717, 1.165) is 36.7 Å². The van der Waals surface area contributed by atoms with Crippen LogP contribution in [0.1, 0.15) is 36.1 Å². The quantitative estimate of drug-likeness (QED) is 0.374. The van der Waals surface area contributed by atoms with Crippen molar-refractivity contribution in [2.75, 3.05) is 25.0 Å². The standard InChI is InChI=1S/C24H29N5O/c1-3-25-24(26-13-12-18-16(2)28-22-11-7-5-9-20(18)22)27-15-17-14-23(30)29-21-10-6-4-8-19(17)21/h4-11,17,28H,3,12-15H2,1-2H3,(H,29,30)(H2,25,26,27). The molecule has 0 saturated carbocycles. The molecule has 1 unspecified atom stereocenters. The highest BCUT2D eigenvalue weighted by molar-refractivity contribution is 5.94. The Morgan fingerprint density at radius 1 is 1.13 bits per heavy atom. The average Bonchev–Trinajstić information content (AvgIpc) is 3.07. The molecule has 4 rings (SSSR count). The molecule has 1 amide bonds. The van der Waals surface area contributed by atoms with Crippen molar-refractivity contribution in [2.24, 2.45) is 4.99 Å². The van der Waals surface area contributed by atoms with E-state index in [4.69, 9.17) is 4.99 Å². The molecule has 30 heavy (non-hydrogen) atoms. The molecule has 2 heterocycles. The maximum absolute atomic E-state index is 12.1. The fourth-order valence-electron chi connectivity index (χ4n) is 4.17. The fraction of sp³-hybridized carbons (Fsp3) is 0.333. The molecule has 2 aromatic carbocycles. The van der Waals surface area contributed by atoms with Crippen LogP contribution in [0, 0.1) is 6.92 Å². The smallest absolute Gasteiger partial charge is 0.225 e. The van der Waals surface area contributed by atoms with Gasteiger partial charge in [-0.1, -0.05) is 36.4 Å². The Morgan fingerprint density at radius 3 is 2.80 bits per heavy atom. The van der Waals surface area contributed by atoms with E-state index < -0.39 is 0 Å². The number of nitrogens with zero attached hydrogens (tertiary/aromatic N) is 1. The van der Waals surface area contributed by atoms with Gasteiger partial charge < -0.3 is 20.9 Å². The summed E-state index contributed by atoms with van der Waals surface area (Å²) < 4.78 is 0. The van der Waals surface area contributed by atoms with E-state index in [1.54, 1.807) is 0 Å². The SMILES string of the molecule is CCNC(=NCC1CC(=O)Nc2ccccc21)NCCc1c(C)[nH]c2ccccc12. The van der Waals surface area contributed by atoms with Crippen molar-refractivity contribution in [1.29, 1.82) is 0 Å². The number of carbonyl (C=O) groups excluding carboxylic acids is 1. The van der Waals surface area contributed by atoms with Gasteiger partial charge in [0.05, 0.1) is 6.54 Å². The van der Waals surface area contributed by atoms with Crippen LogP contribution in [-0.4, -0.2) is 36.5 Å². The molecule has 1 aliphatic heterocycles. The highest BCUT2D eigenvalue weighted by Crippen LogP contribution is 2.32. The van der Waals surface area contributed by atoms with Crippen molar-refractivity contribution in [1.82, 2.24) is 15.6 Å². The largest absolute Gasteiger partial charge is 0.358 e. The minimum absolute atomic E-state index is 0.0571. The van der Waals surface area contributed by atoms with Crippen LogP contribution < -0.4 is 16.0 Å². The number of para-hydroxylation sites is 2. The lowest BCUT2D eigenvalue weighted by molar-refractivity contribution is -0.116. The van der Waals surface area contributed by atoms with Crippen LogP contribution >= 0.6 is 0 Å². The third-order valence-electron chi connectivity index (χ3n) is 5.61. The summed E-state index contributed by atoms with van der Waals surface area (Å²) in [7, 11) is 0. The Kier molecular flexibility index (Phi) is 6.02. The molecule has 1 atom stereocenters. The van der Waals surface area contributed by atoms with Crippen LogP contribution in [0.25, 0.3) is 10.9 Å².